The van der Waals surface area contributed by atoms with Gasteiger partial charge in [0, 0.05) is 12.5 Å². The summed E-state index contributed by atoms with van der Waals surface area (Å²) in [5, 5.41) is 0. The normalized spacial score (nSPS) is 13.1. The van der Waals surface area contributed by atoms with Crippen molar-refractivity contribution in [3.63, 3.8) is 0 Å². The largest absolute Gasteiger partial charge is 0.472 e. The van der Waals surface area contributed by atoms with E-state index in [0.717, 1.165) is 25.3 Å². The van der Waals surface area contributed by atoms with Crippen molar-refractivity contribution in [1.29, 1.82) is 0 Å². The van der Waals surface area contributed by atoms with Gasteiger partial charge in [-0.2, -0.15) is 0 Å². The van der Waals surface area contributed by atoms with Gasteiger partial charge in [0.2, 0.25) is 6.29 Å². The maximum atomic E-state index is 10.9. The van der Waals surface area contributed by atoms with Crippen molar-refractivity contribution in [2.45, 2.75) is 45.3 Å². The number of phosphoric ester groups is 1. The molecular formula is C10H19O6P. The number of carbonyl (C=O) groups is 1. The Morgan fingerprint density at radius 3 is 2.53 bits per heavy atom. The van der Waals surface area contributed by atoms with E-state index >= 15 is 0 Å². The molecule has 6 nitrogen and oxygen atoms in total. The van der Waals surface area contributed by atoms with Crippen molar-refractivity contribution in [3.8, 4) is 0 Å². The van der Waals surface area contributed by atoms with Crippen molar-refractivity contribution in [2.75, 3.05) is 0 Å². The van der Waals surface area contributed by atoms with Crippen LogP contribution in [0, 0.1) is 0 Å². The maximum absolute atomic E-state index is 10.9. The second-order valence-electron chi connectivity index (χ2n) is 3.52. The highest BCUT2D eigenvalue weighted by atomic mass is 31.2. The molecule has 2 N–H and O–H groups in total. The molecular weight excluding hydrogens is 247 g/mol. The minimum atomic E-state index is -4.66. The monoisotopic (exact) mass is 266 g/mol. The molecule has 0 radical (unpaired) electrons. The van der Waals surface area contributed by atoms with Gasteiger partial charge in [-0.15, -0.1) is 0 Å². The molecule has 0 aliphatic heterocycles. The summed E-state index contributed by atoms with van der Waals surface area (Å²) in [6, 6.07) is 0. The minimum absolute atomic E-state index is 0.255. The summed E-state index contributed by atoms with van der Waals surface area (Å²) >= 11 is 0. The Balaban J connectivity index is 4.15. The fourth-order valence-electron chi connectivity index (χ4n) is 1.20. The van der Waals surface area contributed by atoms with E-state index in [1.807, 2.05) is 6.92 Å². The Kier molecular flexibility index (Phi) is 8.08. The number of rotatable bonds is 9. The van der Waals surface area contributed by atoms with Gasteiger partial charge in [-0.1, -0.05) is 32.8 Å². The van der Waals surface area contributed by atoms with Crippen LogP contribution in [0.25, 0.3) is 0 Å². The molecule has 0 saturated carbocycles. The molecule has 0 aromatic heterocycles. The molecule has 0 amide bonds. The minimum Gasteiger partial charge on any atom is -0.432 e. The van der Waals surface area contributed by atoms with Gasteiger partial charge in [-0.3, -0.25) is 0 Å². The predicted molar refractivity (Wildman–Crippen MR) is 62.0 cm³/mol. The van der Waals surface area contributed by atoms with Crippen LogP contribution >= 0.6 is 7.82 Å². The lowest BCUT2D eigenvalue weighted by Gasteiger charge is -2.17. The summed E-state index contributed by atoms with van der Waals surface area (Å²) < 4.78 is 19.7. The zero-order valence-corrected chi connectivity index (χ0v) is 10.8. The summed E-state index contributed by atoms with van der Waals surface area (Å²) in [6.45, 7) is 5.24. The number of esters is 1. The molecule has 0 aromatic carbocycles. The van der Waals surface area contributed by atoms with Crippen molar-refractivity contribution in [1.82, 2.24) is 0 Å². The van der Waals surface area contributed by atoms with E-state index < -0.39 is 20.1 Å². The molecule has 7 heteroatoms. The molecule has 1 unspecified atom stereocenters. The molecule has 0 spiro atoms. The molecule has 100 valence electrons. The second-order valence-corrected chi connectivity index (χ2v) is 4.71. The summed E-state index contributed by atoms with van der Waals surface area (Å²) in [4.78, 5) is 28.2. The quantitative estimate of drug-likeness (QED) is 0.218. The number of hydrogen-bond donors (Lipinski definition) is 2. The smallest absolute Gasteiger partial charge is 0.432 e. The molecule has 0 aliphatic carbocycles. The van der Waals surface area contributed by atoms with Crippen molar-refractivity contribution in [2.24, 2.45) is 0 Å². The molecule has 0 saturated heterocycles. The van der Waals surface area contributed by atoms with Gasteiger partial charge in [0.25, 0.3) is 0 Å². The van der Waals surface area contributed by atoms with Gasteiger partial charge in [-0.05, 0) is 6.42 Å². The van der Waals surface area contributed by atoms with E-state index in [2.05, 4.69) is 15.8 Å². The van der Waals surface area contributed by atoms with Crippen molar-refractivity contribution >= 4 is 13.8 Å². The fraction of sp³-hybridized carbons (Fsp3) is 0.700. The molecule has 0 fully saturated rings. The SMILES string of the molecule is C=CC(=O)OC(CCCCCC)OP(=O)(O)O. The standard InChI is InChI=1S/C10H19O6P/c1-3-5-6-7-8-10(15-9(11)4-2)16-17(12,13)14/h4,10H,2-3,5-8H2,1H3,(H2,12,13,14). The first-order valence-electron chi connectivity index (χ1n) is 5.46. The van der Waals surface area contributed by atoms with E-state index in [1.165, 1.54) is 0 Å². The summed E-state index contributed by atoms with van der Waals surface area (Å²) in [5.74, 6) is -0.765. The highest BCUT2D eigenvalue weighted by Crippen LogP contribution is 2.38. The lowest BCUT2D eigenvalue weighted by molar-refractivity contribution is -0.160. The summed E-state index contributed by atoms with van der Waals surface area (Å²) in [7, 11) is -4.66. The lowest BCUT2D eigenvalue weighted by atomic mass is 10.1. The zero-order valence-electron chi connectivity index (χ0n) is 9.87. The third-order valence-corrected chi connectivity index (χ3v) is 2.47. The van der Waals surface area contributed by atoms with Gasteiger partial charge in [0.05, 0.1) is 0 Å². The van der Waals surface area contributed by atoms with Crippen LogP contribution in [0.15, 0.2) is 12.7 Å². The number of carbonyl (C=O) groups excluding carboxylic acids is 1. The van der Waals surface area contributed by atoms with Crippen LogP contribution in [0.5, 0.6) is 0 Å². The number of hydrogen-bond acceptors (Lipinski definition) is 4. The molecule has 17 heavy (non-hydrogen) atoms. The highest BCUT2D eigenvalue weighted by molar-refractivity contribution is 7.46. The van der Waals surface area contributed by atoms with Gasteiger partial charge in [0.1, 0.15) is 0 Å². The van der Waals surface area contributed by atoms with Crippen molar-refractivity contribution in [3.05, 3.63) is 12.7 Å². The Hall–Kier alpha value is -0.680. The zero-order chi connectivity index (χ0) is 13.3. The topological polar surface area (TPSA) is 93.1 Å². The highest BCUT2D eigenvalue weighted by Gasteiger charge is 2.24. The molecule has 0 rings (SSSR count). The molecule has 0 bridgehead atoms. The van der Waals surface area contributed by atoms with Gasteiger partial charge in [0.15, 0.2) is 0 Å². The predicted octanol–water partition coefficient (Wildman–Crippen LogP) is 2.12. The third-order valence-electron chi connectivity index (χ3n) is 1.96. The Labute approximate surface area is 101 Å². The van der Waals surface area contributed by atoms with E-state index in [1.54, 1.807) is 0 Å². The first-order valence-corrected chi connectivity index (χ1v) is 6.99. The first-order chi connectivity index (χ1) is 7.89. The second kappa shape index (κ2) is 8.42. The Bertz CT molecular complexity index is 285. The average molecular weight is 266 g/mol. The summed E-state index contributed by atoms with van der Waals surface area (Å²) in [5.41, 5.74) is 0. The van der Waals surface area contributed by atoms with E-state index in [9.17, 15) is 9.36 Å². The van der Waals surface area contributed by atoms with Gasteiger partial charge >= 0.3 is 13.8 Å². The fourth-order valence-corrected chi connectivity index (χ4v) is 1.66. The summed E-state index contributed by atoms with van der Waals surface area (Å²) in [6.07, 6.45) is 3.56. The van der Waals surface area contributed by atoms with Crippen LogP contribution in [0.2, 0.25) is 0 Å². The van der Waals surface area contributed by atoms with E-state index in [4.69, 9.17) is 9.79 Å². The molecule has 0 heterocycles. The molecule has 1 atom stereocenters. The number of ether oxygens (including phenoxy) is 1. The average Bonchev–Trinajstić information content (AvgIpc) is 2.21. The lowest BCUT2D eigenvalue weighted by Crippen LogP contribution is -2.19. The van der Waals surface area contributed by atoms with Gasteiger partial charge < -0.3 is 14.5 Å². The molecule has 0 aromatic rings. The molecule has 0 aliphatic rings. The van der Waals surface area contributed by atoms with Crippen LogP contribution < -0.4 is 0 Å². The van der Waals surface area contributed by atoms with Gasteiger partial charge in [-0.25, -0.2) is 13.9 Å². The first kappa shape index (κ1) is 16.3. The van der Waals surface area contributed by atoms with Crippen LogP contribution in [0.4, 0.5) is 0 Å². The van der Waals surface area contributed by atoms with Crippen LogP contribution in [-0.4, -0.2) is 22.0 Å². The Morgan fingerprint density at radius 1 is 1.41 bits per heavy atom. The maximum Gasteiger partial charge on any atom is 0.472 e. The number of unbranched alkanes of at least 4 members (excludes halogenated alkanes) is 3. The van der Waals surface area contributed by atoms with E-state index in [0.29, 0.717) is 6.42 Å². The number of phosphoric acid groups is 1. The van der Waals surface area contributed by atoms with Crippen LogP contribution in [0.1, 0.15) is 39.0 Å². The van der Waals surface area contributed by atoms with Crippen LogP contribution in [0.3, 0.4) is 0 Å². The third kappa shape index (κ3) is 10.2. The van der Waals surface area contributed by atoms with E-state index in [-0.39, 0.29) is 6.42 Å². The Morgan fingerprint density at radius 2 is 2.06 bits per heavy atom. The van der Waals surface area contributed by atoms with Crippen molar-refractivity contribution < 1.29 is 28.4 Å². The van der Waals surface area contributed by atoms with Crippen LogP contribution in [-0.2, 0) is 18.6 Å².